The van der Waals surface area contributed by atoms with Gasteiger partial charge in [0.25, 0.3) is 0 Å². The Labute approximate surface area is 144 Å². The minimum atomic E-state index is -3.11. The molecule has 1 saturated heterocycles. The number of sulfonamides is 1. The van der Waals surface area contributed by atoms with Crippen LogP contribution in [-0.4, -0.2) is 49.6 Å². The summed E-state index contributed by atoms with van der Waals surface area (Å²) >= 11 is 0. The van der Waals surface area contributed by atoms with E-state index < -0.39 is 10.0 Å². The van der Waals surface area contributed by atoms with Crippen LogP contribution in [0.2, 0.25) is 0 Å². The summed E-state index contributed by atoms with van der Waals surface area (Å²) in [5.74, 6) is 1.23. The van der Waals surface area contributed by atoms with Crippen molar-refractivity contribution in [1.82, 2.24) is 9.29 Å². The first kappa shape index (κ1) is 17.2. The van der Waals surface area contributed by atoms with Gasteiger partial charge in [0, 0.05) is 31.6 Å². The first-order chi connectivity index (χ1) is 11.5. The van der Waals surface area contributed by atoms with Crippen molar-refractivity contribution >= 4 is 26.7 Å². The van der Waals surface area contributed by atoms with E-state index in [1.807, 2.05) is 25.1 Å². The molecular formula is C18H25N3O2S. The van der Waals surface area contributed by atoms with Gasteiger partial charge in [0.1, 0.15) is 5.82 Å². The second-order valence-corrected chi connectivity index (χ2v) is 8.47. The maximum atomic E-state index is 12.3. The Morgan fingerprint density at radius 1 is 1.12 bits per heavy atom. The third kappa shape index (κ3) is 3.54. The van der Waals surface area contributed by atoms with Crippen molar-refractivity contribution in [2.24, 2.45) is 0 Å². The van der Waals surface area contributed by atoms with Gasteiger partial charge in [-0.25, -0.2) is 13.4 Å². The Bertz CT molecular complexity index is 812. The molecule has 24 heavy (non-hydrogen) atoms. The van der Waals surface area contributed by atoms with Crippen LogP contribution in [0.3, 0.4) is 0 Å². The molecule has 0 unspecified atom stereocenters. The molecule has 6 heteroatoms. The molecule has 0 spiro atoms. The monoisotopic (exact) mass is 347 g/mol. The summed E-state index contributed by atoms with van der Waals surface area (Å²) < 4.78 is 26.3. The molecule has 130 valence electrons. The molecular weight excluding hydrogens is 322 g/mol. The molecule has 0 radical (unpaired) electrons. The van der Waals surface area contributed by atoms with Crippen LogP contribution < -0.4 is 4.90 Å². The molecule has 0 amide bonds. The van der Waals surface area contributed by atoms with Crippen molar-refractivity contribution in [1.29, 1.82) is 0 Å². The van der Waals surface area contributed by atoms with E-state index in [4.69, 9.17) is 4.98 Å². The predicted octanol–water partition coefficient (Wildman–Crippen LogP) is 2.80. The van der Waals surface area contributed by atoms with E-state index in [1.165, 1.54) is 0 Å². The topological polar surface area (TPSA) is 53.5 Å². The number of para-hydroxylation sites is 1. The molecule has 0 atom stereocenters. The Morgan fingerprint density at radius 3 is 2.54 bits per heavy atom. The molecule has 1 fully saturated rings. The Hall–Kier alpha value is -1.66. The van der Waals surface area contributed by atoms with Gasteiger partial charge in [-0.2, -0.15) is 4.31 Å². The number of hydrogen-bond acceptors (Lipinski definition) is 4. The standard InChI is InChI=1S/C18H25N3O2S/c1-3-4-13-24(22,23)21-11-9-20(10-12-21)18-15(2)14-16-7-5-6-8-17(16)19-18/h5-8,14H,3-4,9-13H2,1-2H3. The summed E-state index contributed by atoms with van der Waals surface area (Å²) in [6, 6.07) is 10.2. The van der Waals surface area contributed by atoms with Crippen LogP contribution >= 0.6 is 0 Å². The zero-order valence-corrected chi connectivity index (χ0v) is 15.2. The fourth-order valence-electron chi connectivity index (χ4n) is 3.17. The van der Waals surface area contributed by atoms with Gasteiger partial charge in [0.05, 0.1) is 11.3 Å². The lowest BCUT2D eigenvalue weighted by Crippen LogP contribution is -2.49. The van der Waals surface area contributed by atoms with Crippen LogP contribution in [0.4, 0.5) is 5.82 Å². The van der Waals surface area contributed by atoms with E-state index in [0.717, 1.165) is 35.1 Å². The van der Waals surface area contributed by atoms with Gasteiger partial charge in [-0.05, 0) is 31.0 Å². The Morgan fingerprint density at radius 2 is 1.83 bits per heavy atom. The molecule has 0 bridgehead atoms. The molecule has 1 aromatic carbocycles. The molecule has 1 aliphatic rings. The van der Waals surface area contributed by atoms with E-state index in [9.17, 15) is 8.42 Å². The second kappa shape index (κ2) is 7.07. The van der Waals surface area contributed by atoms with Gasteiger partial charge >= 0.3 is 0 Å². The number of unbranched alkanes of at least 4 members (excludes halogenated alkanes) is 1. The highest BCUT2D eigenvalue weighted by atomic mass is 32.2. The molecule has 2 aromatic rings. The number of aromatic nitrogens is 1. The normalized spacial score (nSPS) is 16.7. The van der Waals surface area contributed by atoms with Gasteiger partial charge in [-0.15, -0.1) is 0 Å². The van der Waals surface area contributed by atoms with Crippen molar-refractivity contribution in [3.05, 3.63) is 35.9 Å². The summed E-state index contributed by atoms with van der Waals surface area (Å²) in [5.41, 5.74) is 2.12. The Kier molecular flexibility index (Phi) is 5.06. The summed E-state index contributed by atoms with van der Waals surface area (Å²) in [4.78, 5) is 7.00. The largest absolute Gasteiger partial charge is 0.354 e. The third-order valence-corrected chi connectivity index (χ3v) is 6.53. The highest BCUT2D eigenvalue weighted by Gasteiger charge is 2.27. The van der Waals surface area contributed by atoms with Gasteiger partial charge in [-0.1, -0.05) is 31.5 Å². The zero-order valence-electron chi connectivity index (χ0n) is 14.4. The van der Waals surface area contributed by atoms with E-state index >= 15 is 0 Å². The van der Waals surface area contributed by atoms with Crippen LogP contribution in [-0.2, 0) is 10.0 Å². The third-order valence-electron chi connectivity index (χ3n) is 4.58. The molecule has 5 nitrogen and oxygen atoms in total. The maximum Gasteiger partial charge on any atom is 0.214 e. The summed E-state index contributed by atoms with van der Waals surface area (Å²) in [5, 5.41) is 1.14. The number of nitrogens with zero attached hydrogens (tertiary/aromatic N) is 3. The first-order valence-electron chi connectivity index (χ1n) is 8.60. The molecule has 1 aliphatic heterocycles. The highest BCUT2D eigenvalue weighted by molar-refractivity contribution is 7.89. The average Bonchev–Trinajstić information content (AvgIpc) is 2.59. The number of fused-ring (bicyclic) bond motifs is 1. The lowest BCUT2D eigenvalue weighted by Gasteiger charge is -2.35. The van der Waals surface area contributed by atoms with Crippen molar-refractivity contribution < 1.29 is 8.42 Å². The van der Waals surface area contributed by atoms with Gasteiger partial charge in [0.2, 0.25) is 10.0 Å². The maximum absolute atomic E-state index is 12.3. The molecule has 1 aromatic heterocycles. The van der Waals surface area contributed by atoms with Crippen LogP contribution in [0.15, 0.2) is 30.3 Å². The molecule has 0 saturated carbocycles. The summed E-state index contributed by atoms with van der Waals surface area (Å²) in [6.45, 7) is 6.55. The van der Waals surface area contributed by atoms with Crippen LogP contribution in [0.1, 0.15) is 25.3 Å². The molecule has 3 rings (SSSR count). The van der Waals surface area contributed by atoms with Crippen molar-refractivity contribution in [3.63, 3.8) is 0 Å². The lowest BCUT2D eigenvalue weighted by molar-refractivity contribution is 0.383. The smallest absolute Gasteiger partial charge is 0.214 e. The van der Waals surface area contributed by atoms with Crippen LogP contribution in [0.5, 0.6) is 0 Å². The van der Waals surface area contributed by atoms with E-state index in [1.54, 1.807) is 4.31 Å². The fraction of sp³-hybridized carbons (Fsp3) is 0.500. The minimum absolute atomic E-state index is 0.261. The van der Waals surface area contributed by atoms with E-state index in [0.29, 0.717) is 26.2 Å². The predicted molar refractivity (Wildman–Crippen MR) is 99.0 cm³/mol. The summed E-state index contributed by atoms with van der Waals surface area (Å²) in [6.07, 6.45) is 1.63. The summed E-state index contributed by atoms with van der Waals surface area (Å²) in [7, 11) is -3.11. The highest BCUT2D eigenvalue weighted by Crippen LogP contribution is 2.24. The van der Waals surface area contributed by atoms with Crippen LogP contribution in [0.25, 0.3) is 10.9 Å². The fourth-order valence-corrected chi connectivity index (χ4v) is 4.80. The lowest BCUT2D eigenvalue weighted by atomic mass is 10.1. The zero-order chi connectivity index (χ0) is 17.2. The SMILES string of the molecule is CCCCS(=O)(=O)N1CCN(c2nc3ccccc3cc2C)CC1. The van der Waals surface area contributed by atoms with Gasteiger partial charge in [-0.3, -0.25) is 0 Å². The number of rotatable bonds is 5. The minimum Gasteiger partial charge on any atom is -0.354 e. The molecule has 2 heterocycles. The Balaban J connectivity index is 1.74. The number of hydrogen-bond donors (Lipinski definition) is 0. The van der Waals surface area contributed by atoms with Crippen molar-refractivity contribution in [3.8, 4) is 0 Å². The van der Waals surface area contributed by atoms with Crippen molar-refractivity contribution in [2.75, 3.05) is 36.8 Å². The second-order valence-electron chi connectivity index (χ2n) is 6.38. The van der Waals surface area contributed by atoms with Gasteiger partial charge in [0.15, 0.2) is 0 Å². The number of benzene rings is 1. The van der Waals surface area contributed by atoms with Crippen LogP contribution in [0, 0.1) is 6.92 Å². The quantitative estimate of drug-likeness (QED) is 0.834. The number of aryl methyl sites for hydroxylation is 1. The van der Waals surface area contributed by atoms with Crippen molar-refractivity contribution in [2.45, 2.75) is 26.7 Å². The average molecular weight is 347 g/mol. The number of pyridine rings is 1. The van der Waals surface area contributed by atoms with E-state index in [2.05, 4.69) is 24.0 Å². The first-order valence-corrected chi connectivity index (χ1v) is 10.2. The number of piperazine rings is 1. The molecule has 0 aliphatic carbocycles. The van der Waals surface area contributed by atoms with Gasteiger partial charge < -0.3 is 4.90 Å². The number of anilines is 1. The molecule has 0 N–H and O–H groups in total. The van der Waals surface area contributed by atoms with E-state index in [-0.39, 0.29) is 5.75 Å².